The van der Waals surface area contributed by atoms with Crippen molar-refractivity contribution in [2.24, 2.45) is 11.3 Å². The van der Waals surface area contributed by atoms with Crippen LogP contribution in [0.15, 0.2) is 10.5 Å². The van der Waals surface area contributed by atoms with Crippen LogP contribution < -0.4 is 0 Å². The smallest absolute Gasteiger partial charge is 0.107 e. The molecule has 1 aromatic rings. The van der Waals surface area contributed by atoms with Crippen LogP contribution >= 0.6 is 38.9 Å². The average molecular weight is 349 g/mol. The van der Waals surface area contributed by atoms with Gasteiger partial charge in [-0.1, -0.05) is 18.5 Å². The molecule has 0 aromatic carbocycles. The van der Waals surface area contributed by atoms with Crippen LogP contribution in [0.5, 0.6) is 0 Å². The van der Waals surface area contributed by atoms with E-state index in [-0.39, 0.29) is 0 Å². The fraction of sp³-hybridized carbons (Fsp3) is 0.615. The molecule has 1 heterocycles. The number of aliphatic hydroxyl groups is 1. The van der Waals surface area contributed by atoms with Crippen LogP contribution in [0.25, 0.3) is 0 Å². The zero-order valence-corrected chi connectivity index (χ0v) is 13.3. The van der Waals surface area contributed by atoms with Crippen molar-refractivity contribution in [3.8, 4) is 6.07 Å². The zero-order chi connectivity index (χ0) is 13.3. The van der Waals surface area contributed by atoms with Crippen molar-refractivity contribution < 1.29 is 5.11 Å². The van der Waals surface area contributed by atoms with Crippen LogP contribution in [-0.4, -0.2) is 5.11 Å². The van der Waals surface area contributed by atoms with Gasteiger partial charge in [0, 0.05) is 9.35 Å². The van der Waals surface area contributed by atoms with Gasteiger partial charge in [-0.15, -0.1) is 11.3 Å². The Morgan fingerprint density at radius 2 is 2.22 bits per heavy atom. The van der Waals surface area contributed by atoms with Crippen molar-refractivity contribution >= 4 is 38.9 Å². The van der Waals surface area contributed by atoms with Gasteiger partial charge in [0.1, 0.15) is 10.4 Å². The number of halogens is 2. The lowest BCUT2D eigenvalue weighted by Crippen LogP contribution is -2.31. The molecule has 98 valence electrons. The lowest BCUT2D eigenvalue weighted by atomic mass is 9.68. The molecule has 1 saturated carbocycles. The monoisotopic (exact) mass is 347 g/mol. The van der Waals surface area contributed by atoms with Crippen LogP contribution in [0, 0.1) is 22.7 Å². The largest absolute Gasteiger partial charge is 0.386 e. The van der Waals surface area contributed by atoms with Gasteiger partial charge in [-0.2, -0.15) is 5.26 Å². The summed E-state index contributed by atoms with van der Waals surface area (Å²) in [6.07, 6.45) is 2.80. The molecular formula is C13H15BrClNOS. The van der Waals surface area contributed by atoms with E-state index in [1.807, 2.05) is 6.07 Å². The van der Waals surface area contributed by atoms with Gasteiger partial charge in [-0.3, -0.25) is 0 Å². The van der Waals surface area contributed by atoms with Crippen molar-refractivity contribution in [2.75, 3.05) is 0 Å². The van der Waals surface area contributed by atoms with Gasteiger partial charge >= 0.3 is 0 Å². The van der Waals surface area contributed by atoms with Crippen LogP contribution in [0.3, 0.4) is 0 Å². The summed E-state index contributed by atoms with van der Waals surface area (Å²) >= 11 is 10.7. The fourth-order valence-electron chi connectivity index (χ4n) is 2.49. The third kappa shape index (κ3) is 2.60. The Balaban J connectivity index is 2.25. The van der Waals surface area contributed by atoms with E-state index in [4.69, 9.17) is 11.6 Å². The van der Waals surface area contributed by atoms with Gasteiger partial charge in [-0.25, -0.2) is 0 Å². The SMILES string of the molecule is CC1CCC(C#N)(C(O)c2cc(Br)c(Cl)s2)CC1. The summed E-state index contributed by atoms with van der Waals surface area (Å²) in [5.41, 5.74) is -0.639. The fourth-order valence-corrected chi connectivity index (χ4v) is 4.33. The van der Waals surface area contributed by atoms with Gasteiger partial charge in [-0.05, 0) is 53.6 Å². The van der Waals surface area contributed by atoms with Gasteiger partial charge in [0.2, 0.25) is 0 Å². The highest BCUT2D eigenvalue weighted by Crippen LogP contribution is 2.49. The molecule has 0 amide bonds. The van der Waals surface area contributed by atoms with E-state index in [9.17, 15) is 10.4 Å². The Hall–Kier alpha value is -0.0800. The maximum atomic E-state index is 10.5. The van der Waals surface area contributed by atoms with Crippen molar-refractivity contribution in [1.82, 2.24) is 0 Å². The normalized spacial score (nSPS) is 29.8. The number of hydrogen-bond donors (Lipinski definition) is 1. The molecule has 1 aliphatic carbocycles. The van der Waals surface area contributed by atoms with E-state index < -0.39 is 11.5 Å². The first-order valence-electron chi connectivity index (χ1n) is 6.02. The summed E-state index contributed by atoms with van der Waals surface area (Å²) in [4.78, 5) is 0.781. The van der Waals surface area contributed by atoms with Gasteiger partial charge in [0.15, 0.2) is 0 Å². The molecule has 0 bridgehead atoms. The van der Waals surface area contributed by atoms with Crippen LogP contribution in [-0.2, 0) is 0 Å². The molecule has 0 spiro atoms. The summed E-state index contributed by atoms with van der Waals surface area (Å²) in [7, 11) is 0. The number of aliphatic hydroxyl groups excluding tert-OH is 1. The van der Waals surface area contributed by atoms with Gasteiger partial charge in [0.05, 0.1) is 11.5 Å². The topological polar surface area (TPSA) is 44.0 Å². The first kappa shape index (κ1) is 14.3. The van der Waals surface area contributed by atoms with E-state index in [0.717, 1.165) is 35.0 Å². The highest BCUT2D eigenvalue weighted by molar-refractivity contribution is 9.10. The third-order valence-corrected chi connectivity index (χ3v) is 6.37. The minimum atomic E-state index is -0.733. The first-order valence-corrected chi connectivity index (χ1v) is 8.01. The molecule has 2 rings (SSSR count). The number of nitrogens with zero attached hydrogens (tertiary/aromatic N) is 1. The predicted octanol–water partition coefficient (Wildman–Crippen LogP) is 4.92. The summed E-state index contributed by atoms with van der Waals surface area (Å²) in [5.74, 6) is 0.650. The second-order valence-corrected chi connectivity index (χ2v) is 7.66. The molecule has 2 nitrogen and oxygen atoms in total. The summed E-state index contributed by atoms with van der Waals surface area (Å²) in [6.45, 7) is 2.20. The average Bonchev–Trinajstić information content (AvgIpc) is 2.70. The molecule has 5 heteroatoms. The molecule has 0 aliphatic heterocycles. The molecule has 18 heavy (non-hydrogen) atoms. The number of nitriles is 1. The summed E-state index contributed by atoms with van der Waals surface area (Å²) in [5, 5.41) is 20.0. The molecule has 1 aliphatic rings. The summed E-state index contributed by atoms with van der Waals surface area (Å²) < 4.78 is 1.42. The van der Waals surface area contributed by atoms with E-state index in [2.05, 4.69) is 28.9 Å². The summed E-state index contributed by atoms with van der Waals surface area (Å²) in [6, 6.07) is 4.19. The molecule has 1 atom stereocenters. The van der Waals surface area contributed by atoms with Gasteiger partial charge < -0.3 is 5.11 Å². The van der Waals surface area contributed by atoms with Crippen LogP contribution in [0.2, 0.25) is 4.34 Å². The molecule has 1 aromatic heterocycles. The molecule has 1 fully saturated rings. The maximum Gasteiger partial charge on any atom is 0.107 e. The second-order valence-electron chi connectivity index (χ2n) is 5.12. The molecule has 0 radical (unpaired) electrons. The zero-order valence-electron chi connectivity index (χ0n) is 10.1. The minimum absolute atomic E-state index is 0.626. The number of thiophene rings is 1. The molecule has 0 saturated heterocycles. The maximum absolute atomic E-state index is 10.5. The highest BCUT2D eigenvalue weighted by atomic mass is 79.9. The Labute approximate surface area is 125 Å². The van der Waals surface area contributed by atoms with Crippen LogP contribution in [0.1, 0.15) is 43.6 Å². The third-order valence-electron chi connectivity index (χ3n) is 3.85. The molecular weight excluding hydrogens is 334 g/mol. The van der Waals surface area contributed by atoms with Crippen molar-refractivity contribution in [2.45, 2.75) is 38.7 Å². The quantitative estimate of drug-likeness (QED) is 0.824. The number of rotatable bonds is 2. The van der Waals surface area contributed by atoms with E-state index in [0.29, 0.717) is 10.3 Å². The molecule has 1 unspecified atom stereocenters. The van der Waals surface area contributed by atoms with Gasteiger partial charge in [0.25, 0.3) is 0 Å². The van der Waals surface area contributed by atoms with Crippen LogP contribution in [0.4, 0.5) is 0 Å². The van der Waals surface area contributed by atoms with E-state index in [1.165, 1.54) is 11.3 Å². The van der Waals surface area contributed by atoms with Crippen molar-refractivity contribution in [3.63, 3.8) is 0 Å². The Kier molecular flexibility index (Phi) is 4.38. The standard InChI is InChI=1S/C13H15BrClNOS/c1-8-2-4-13(7-16,5-3-8)11(17)10-6-9(14)12(15)18-10/h6,8,11,17H,2-5H2,1H3. The first-order chi connectivity index (χ1) is 8.48. The minimum Gasteiger partial charge on any atom is -0.386 e. The lowest BCUT2D eigenvalue weighted by Gasteiger charge is -2.36. The Morgan fingerprint density at radius 3 is 2.67 bits per heavy atom. The Morgan fingerprint density at radius 1 is 1.61 bits per heavy atom. The van der Waals surface area contributed by atoms with E-state index >= 15 is 0 Å². The lowest BCUT2D eigenvalue weighted by molar-refractivity contribution is 0.0291. The Bertz CT molecular complexity index is 454. The van der Waals surface area contributed by atoms with Crippen molar-refractivity contribution in [1.29, 1.82) is 5.26 Å². The predicted molar refractivity (Wildman–Crippen MR) is 77.7 cm³/mol. The number of hydrogen-bond acceptors (Lipinski definition) is 3. The second kappa shape index (κ2) is 5.50. The van der Waals surface area contributed by atoms with Crippen molar-refractivity contribution in [3.05, 3.63) is 19.8 Å². The van der Waals surface area contributed by atoms with E-state index in [1.54, 1.807) is 0 Å². The highest BCUT2D eigenvalue weighted by Gasteiger charge is 2.42. The molecule has 1 N–H and O–H groups in total.